The van der Waals surface area contributed by atoms with Crippen LogP contribution in [0.15, 0.2) is 35.4 Å². The molecule has 2 N–H and O–H groups in total. The molecule has 0 bridgehead atoms. The molecule has 0 aliphatic carbocycles. The van der Waals surface area contributed by atoms with E-state index in [1.165, 1.54) is 35.9 Å². The Morgan fingerprint density at radius 1 is 1.32 bits per heavy atom. The number of ether oxygens (including phenoxy) is 1. The number of hydrogen-bond donors (Lipinski definition) is 2. The molecule has 2 atom stereocenters. The summed E-state index contributed by atoms with van der Waals surface area (Å²) in [5, 5.41) is 23.1. The van der Waals surface area contributed by atoms with Gasteiger partial charge in [0.2, 0.25) is 5.91 Å². The second kappa shape index (κ2) is 12.9. The van der Waals surface area contributed by atoms with Crippen LogP contribution in [-0.4, -0.2) is 66.3 Å². The Hall–Kier alpha value is -3.21. The fraction of sp³-hybridized carbons (Fsp3) is 0.500. The first-order valence-corrected chi connectivity index (χ1v) is 12.4. The largest absolute Gasteiger partial charge is 0.492 e. The second-order valence-electron chi connectivity index (χ2n) is 8.01. The number of thioether (sulfide) groups is 1. The van der Waals surface area contributed by atoms with Crippen molar-refractivity contribution in [3.63, 3.8) is 0 Å². The van der Waals surface area contributed by atoms with Crippen molar-refractivity contribution in [2.24, 2.45) is 5.92 Å². The van der Waals surface area contributed by atoms with E-state index >= 15 is 0 Å². The molecule has 1 aromatic rings. The van der Waals surface area contributed by atoms with Gasteiger partial charge in [0.15, 0.2) is 5.92 Å². The summed E-state index contributed by atoms with van der Waals surface area (Å²) in [6, 6.07) is 11.3. The van der Waals surface area contributed by atoms with Crippen molar-refractivity contribution in [1.29, 1.82) is 10.5 Å². The van der Waals surface area contributed by atoms with E-state index < -0.39 is 17.2 Å². The van der Waals surface area contributed by atoms with Crippen LogP contribution in [0.5, 0.6) is 5.75 Å². The molecule has 2 unspecified atom stereocenters. The monoisotopic (exact) mass is 482 g/mol. The molecule has 0 spiro atoms. The lowest BCUT2D eigenvalue weighted by Crippen LogP contribution is -2.43. The Bertz CT molecular complexity index is 980. The van der Waals surface area contributed by atoms with Gasteiger partial charge in [-0.15, -0.1) is 0 Å². The Balaban J connectivity index is 1.60. The number of likely N-dealkylation sites (N-methyl/N-ethyl adjacent to an activating group) is 1. The summed E-state index contributed by atoms with van der Waals surface area (Å²) < 4.78 is 5.91. The number of carbonyl (C=O) groups excluding carboxylic acids is 2. The predicted octanol–water partition coefficient (Wildman–Crippen LogP) is 2.51. The Kier molecular flexibility index (Phi) is 9.62. The first kappa shape index (κ1) is 25.4. The summed E-state index contributed by atoms with van der Waals surface area (Å²) in [7, 11) is 0. The average molecular weight is 483 g/mol. The van der Waals surface area contributed by atoms with Crippen LogP contribution in [-0.2, 0) is 9.59 Å². The normalized spacial score (nSPS) is 20.4. The number of nitrogens with zero attached hydrogens (tertiary/aromatic N) is 4. The maximum absolute atomic E-state index is 12.9. The molecule has 0 aromatic heterocycles. The molecule has 0 saturated carbocycles. The van der Waals surface area contributed by atoms with Crippen molar-refractivity contribution in [2.75, 3.05) is 44.6 Å². The summed E-state index contributed by atoms with van der Waals surface area (Å²) in [6.07, 6.45) is 5.41. The van der Waals surface area contributed by atoms with Crippen LogP contribution in [0, 0.1) is 28.6 Å². The van der Waals surface area contributed by atoms with E-state index in [1.54, 1.807) is 13.1 Å². The SMILES string of the molecule is CCN1C(=O)/C(=C\Nc2cccc(OCCN3CCCCC3)c2)SC1C(C#N)C(=O)NCC#N. The molecule has 2 fully saturated rings. The third-order valence-electron chi connectivity index (χ3n) is 5.74. The van der Waals surface area contributed by atoms with Gasteiger partial charge in [0.1, 0.15) is 24.3 Å². The molecule has 2 aliphatic heterocycles. The highest BCUT2D eigenvalue weighted by Crippen LogP contribution is 2.38. The summed E-state index contributed by atoms with van der Waals surface area (Å²) in [4.78, 5) is 29.5. The molecule has 10 heteroatoms. The number of nitrogens with one attached hydrogen (secondary N) is 2. The summed E-state index contributed by atoms with van der Waals surface area (Å²) in [6.45, 7) is 5.76. The lowest BCUT2D eigenvalue weighted by atomic mass is 10.1. The van der Waals surface area contributed by atoms with Gasteiger partial charge >= 0.3 is 0 Å². The van der Waals surface area contributed by atoms with E-state index in [1.807, 2.05) is 36.4 Å². The molecule has 2 saturated heterocycles. The molecule has 34 heavy (non-hydrogen) atoms. The first-order valence-electron chi connectivity index (χ1n) is 11.5. The van der Waals surface area contributed by atoms with E-state index in [2.05, 4.69) is 15.5 Å². The van der Waals surface area contributed by atoms with E-state index in [0.29, 0.717) is 18.1 Å². The first-order chi connectivity index (χ1) is 16.6. The minimum atomic E-state index is -1.08. The predicted molar refractivity (Wildman–Crippen MR) is 130 cm³/mol. The number of anilines is 1. The van der Waals surface area contributed by atoms with E-state index in [-0.39, 0.29) is 12.5 Å². The van der Waals surface area contributed by atoms with Crippen LogP contribution in [0.1, 0.15) is 26.2 Å². The third-order valence-corrected chi connectivity index (χ3v) is 7.06. The highest BCUT2D eigenvalue weighted by Gasteiger charge is 2.43. The van der Waals surface area contributed by atoms with Crippen LogP contribution < -0.4 is 15.4 Å². The Labute approximate surface area is 204 Å². The van der Waals surface area contributed by atoms with Gasteiger partial charge in [0.05, 0.1) is 17.0 Å². The van der Waals surface area contributed by atoms with Crippen molar-refractivity contribution in [1.82, 2.24) is 15.1 Å². The molecular weight excluding hydrogens is 452 g/mol. The van der Waals surface area contributed by atoms with Crippen molar-refractivity contribution in [2.45, 2.75) is 31.6 Å². The fourth-order valence-corrected chi connectivity index (χ4v) is 5.25. The maximum atomic E-state index is 12.9. The minimum Gasteiger partial charge on any atom is -0.492 e. The number of piperidine rings is 1. The van der Waals surface area contributed by atoms with Crippen LogP contribution in [0.4, 0.5) is 5.69 Å². The maximum Gasteiger partial charge on any atom is 0.262 e. The van der Waals surface area contributed by atoms with Gasteiger partial charge in [-0.2, -0.15) is 10.5 Å². The van der Waals surface area contributed by atoms with E-state index in [0.717, 1.165) is 31.1 Å². The van der Waals surface area contributed by atoms with Gasteiger partial charge in [-0.05, 0) is 45.0 Å². The highest BCUT2D eigenvalue weighted by atomic mass is 32.2. The zero-order valence-electron chi connectivity index (χ0n) is 19.3. The minimum absolute atomic E-state index is 0.185. The molecule has 9 nitrogen and oxygen atoms in total. The lowest BCUT2D eigenvalue weighted by Gasteiger charge is -2.26. The number of likely N-dealkylation sites (tertiary alicyclic amines) is 1. The number of hydrogen-bond acceptors (Lipinski definition) is 8. The van der Waals surface area contributed by atoms with Crippen molar-refractivity contribution in [3.8, 4) is 17.9 Å². The van der Waals surface area contributed by atoms with Crippen molar-refractivity contribution < 1.29 is 14.3 Å². The molecule has 2 amide bonds. The number of rotatable bonds is 10. The summed E-state index contributed by atoms with van der Waals surface area (Å²) in [5.41, 5.74) is 0.770. The molecule has 180 valence electrons. The second-order valence-corrected chi connectivity index (χ2v) is 9.17. The van der Waals surface area contributed by atoms with Crippen LogP contribution in [0.25, 0.3) is 0 Å². The molecule has 2 heterocycles. The smallest absolute Gasteiger partial charge is 0.262 e. The number of carbonyl (C=O) groups is 2. The van der Waals surface area contributed by atoms with Crippen molar-refractivity contribution in [3.05, 3.63) is 35.4 Å². The standard InChI is InChI=1S/C24H30N6O3S/c1-2-30-23(32)21(34-24(30)20(16-26)22(31)27-10-9-25)17-28-18-7-6-8-19(15-18)33-14-13-29-11-4-3-5-12-29/h6-8,15,17,20,24,28H,2-5,10-14H2,1H3,(H,27,31)/b21-17+. The van der Waals surface area contributed by atoms with E-state index in [4.69, 9.17) is 10.00 Å². The number of amides is 2. The van der Waals surface area contributed by atoms with Gasteiger partial charge in [-0.25, -0.2) is 0 Å². The number of benzene rings is 1. The van der Waals surface area contributed by atoms with Gasteiger partial charge in [-0.3, -0.25) is 14.5 Å². The molecule has 2 aliphatic rings. The fourth-order valence-electron chi connectivity index (χ4n) is 3.96. The zero-order chi connectivity index (χ0) is 24.3. The topological polar surface area (TPSA) is 121 Å². The Morgan fingerprint density at radius 2 is 2.12 bits per heavy atom. The Morgan fingerprint density at radius 3 is 2.82 bits per heavy atom. The average Bonchev–Trinajstić information content (AvgIpc) is 3.17. The van der Waals surface area contributed by atoms with Crippen LogP contribution >= 0.6 is 11.8 Å². The van der Waals surface area contributed by atoms with Crippen LogP contribution in [0.2, 0.25) is 0 Å². The third kappa shape index (κ3) is 6.66. The molecule has 0 radical (unpaired) electrons. The van der Waals surface area contributed by atoms with Gasteiger partial charge < -0.3 is 20.3 Å². The van der Waals surface area contributed by atoms with Gasteiger partial charge in [0, 0.05) is 31.0 Å². The quantitative estimate of drug-likeness (QED) is 0.385. The van der Waals surface area contributed by atoms with Gasteiger partial charge in [-0.1, -0.05) is 24.2 Å². The van der Waals surface area contributed by atoms with Crippen molar-refractivity contribution >= 4 is 29.3 Å². The van der Waals surface area contributed by atoms with Crippen LogP contribution in [0.3, 0.4) is 0 Å². The highest BCUT2D eigenvalue weighted by molar-refractivity contribution is 8.05. The lowest BCUT2D eigenvalue weighted by molar-refractivity contribution is -0.128. The van der Waals surface area contributed by atoms with Gasteiger partial charge in [0.25, 0.3) is 5.91 Å². The molecule has 1 aromatic carbocycles. The number of nitriles is 2. The summed E-state index contributed by atoms with van der Waals surface area (Å²) in [5.74, 6) is -1.13. The zero-order valence-corrected chi connectivity index (χ0v) is 20.1. The van der Waals surface area contributed by atoms with E-state index in [9.17, 15) is 14.9 Å². The summed E-state index contributed by atoms with van der Waals surface area (Å²) >= 11 is 1.17. The molecule has 3 rings (SSSR count). The molecular formula is C24H30N6O3S.